The van der Waals surface area contributed by atoms with E-state index in [1.165, 1.54) is 0 Å². The number of aliphatic hydroxyl groups excluding tert-OH is 1. The molecule has 3 N–H and O–H groups in total. The molecule has 0 aliphatic rings. The molecular formula is C17H33NO8. The molecule has 26 heavy (non-hydrogen) atoms. The molecule has 1 unspecified atom stereocenters. The van der Waals surface area contributed by atoms with Crippen molar-refractivity contribution in [2.75, 3.05) is 46.8 Å². The molecule has 0 rings (SSSR count). The molecule has 0 fully saturated rings. The van der Waals surface area contributed by atoms with Crippen molar-refractivity contribution in [3.05, 3.63) is 0 Å². The topological polar surface area (TPSA) is 131 Å². The van der Waals surface area contributed by atoms with Crippen LogP contribution in [0.1, 0.15) is 39.5 Å². The fraction of sp³-hybridized carbons (Fsp3) is 0.824. The highest BCUT2D eigenvalue weighted by atomic mass is 16.5. The monoisotopic (exact) mass is 379 g/mol. The number of nitrogens with one attached hydrogen (secondary N) is 1. The lowest BCUT2D eigenvalue weighted by Gasteiger charge is -2.34. The van der Waals surface area contributed by atoms with Crippen molar-refractivity contribution in [2.24, 2.45) is 0 Å². The number of aliphatic carboxylic acids is 1. The van der Waals surface area contributed by atoms with E-state index in [4.69, 9.17) is 24.4 Å². The molecule has 0 saturated carbocycles. The van der Waals surface area contributed by atoms with E-state index in [0.717, 1.165) is 19.8 Å². The number of hydrogen-bond acceptors (Lipinski definition) is 7. The van der Waals surface area contributed by atoms with Crippen LogP contribution in [0.5, 0.6) is 0 Å². The van der Waals surface area contributed by atoms with Gasteiger partial charge in [-0.05, 0) is 6.42 Å². The van der Waals surface area contributed by atoms with Crippen molar-refractivity contribution >= 4 is 18.2 Å². The number of carbonyl (C=O) groups is 3. The average molecular weight is 379 g/mol. The van der Waals surface area contributed by atoms with Crippen LogP contribution in [0.3, 0.4) is 0 Å². The number of amides is 1. The first-order valence-electron chi connectivity index (χ1n) is 8.64. The Bertz CT molecular complexity index is 378. The fourth-order valence-corrected chi connectivity index (χ4v) is 1.86. The van der Waals surface area contributed by atoms with Crippen molar-refractivity contribution in [1.29, 1.82) is 0 Å². The zero-order valence-corrected chi connectivity index (χ0v) is 16.0. The minimum absolute atomic E-state index is 0.0290. The minimum Gasteiger partial charge on any atom is -0.481 e. The molecule has 0 aliphatic carbocycles. The molecule has 0 aliphatic heterocycles. The summed E-state index contributed by atoms with van der Waals surface area (Å²) in [6, 6.07) is 0. The maximum absolute atomic E-state index is 11.9. The van der Waals surface area contributed by atoms with Gasteiger partial charge in [0.25, 0.3) is 0 Å². The van der Waals surface area contributed by atoms with E-state index >= 15 is 0 Å². The fourth-order valence-electron chi connectivity index (χ4n) is 1.86. The van der Waals surface area contributed by atoms with Gasteiger partial charge in [-0.25, -0.2) is 0 Å². The number of hydrogen-bond donors (Lipinski definition) is 3. The van der Waals surface area contributed by atoms with Crippen LogP contribution in [-0.4, -0.2) is 80.7 Å². The molecule has 0 aromatic heterocycles. The molecule has 1 atom stereocenters. The van der Waals surface area contributed by atoms with Crippen LogP contribution in [0, 0.1) is 0 Å². The summed E-state index contributed by atoms with van der Waals surface area (Å²) in [6.07, 6.45) is 2.00. The summed E-state index contributed by atoms with van der Waals surface area (Å²) < 4.78 is 16.5. The smallest absolute Gasteiger partial charge is 0.305 e. The Kier molecular flexibility index (Phi) is 18.7. The summed E-state index contributed by atoms with van der Waals surface area (Å²) in [4.78, 5) is 32.8. The number of ether oxygens (including phenoxy) is 3. The van der Waals surface area contributed by atoms with Crippen LogP contribution in [0.25, 0.3) is 0 Å². The van der Waals surface area contributed by atoms with Crippen molar-refractivity contribution < 1.29 is 38.8 Å². The van der Waals surface area contributed by atoms with Crippen molar-refractivity contribution in [3.8, 4) is 0 Å². The Morgan fingerprint density at radius 3 is 2.00 bits per heavy atom. The quantitative estimate of drug-likeness (QED) is 0.259. The second-order valence-corrected chi connectivity index (χ2v) is 5.44. The highest BCUT2D eigenvalue weighted by molar-refractivity contribution is 5.76. The van der Waals surface area contributed by atoms with Gasteiger partial charge in [-0.2, -0.15) is 0 Å². The van der Waals surface area contributed by atoms with Gasteiger partial charge >= 0.3 is 5.97 Å². The first-order valence-corrected chi connectivity index (χ1v) is 8.64. The Morgan fingerprint density at radius 2 is 1.54 bits per heavy atom. The van der Waals surface area contributed by atoms with E-state index in [1.54, 1.807) is 6.92 Å². The second kappa shape index (κ2) is 18.2. The van der Waals surface area contributed by atoms with Crippen LogP contribution in [0.2, 0.25) is 0 Å². The standard InChI is InChI=1S/C16H29NO7.CH4O/c1-3-8-22-11-16(17-14(19)4-2,12-23-9-5-7-18)13-24-10-6-15(20)21;1-2/h7H,3-6,8-13H2,1-2H3,(H,17,19)(H,20,21);2H,1H3. The van der Waals surface area contributed by atoms with Gasteiger partial charge in [-0.15, -0.1) is 0 Å². The average Bonchev–Trinajstić information content (AvgIpc) is 2.64. The minimum atomic E-state index is -0.956. The van der Waals surface area contributed by atoms with Crippen molar-refractivity contribution in [2.45, 2.75) is 45.1 Å². The number of rotatable bonds is 16. The van der Waals surface area contributed by atoms with E-state index in [0.29, 0.717) is 13.0 Å². The normalized spacial score (nSPS) is 12.5. The highest BCUT2D eigenvalue weighted by Crippen LogP contribution is 2.10. The Balaban J connectivity index is 0. The summed E-state index contributed by atoms with van der Waals surface area (Å²) in [6.45, 7) is 4.84. The summed E-state index contributed by atoms with van der Waals surface area (Å²) in [5.74, 6) is -1.14. The molecule has 9 nitrogen and oxygen atoms in total. The van der Waals surface area contributed by atoms with Crippen LogP contribution in [0.15, 0.2) is 0 Å². The van der Waals surface area contributed by atoms with E-state index in [2.05, 4.69) is 5.32 Å². The first-order chi connectivity index (χ1) is 12.5. The molecule has 0 heterocycles. The van der Waals surface area contributed by atoms with Crippen molar-refractivity contribution in [1.82, 2.24) is 5.32 Å². The largest absolute Gasteiger partial charge is 0.481 e. The van der Waals surface area contributed by atoms with Gasteiger partial charge in [-0.3, -0.25) is 9.59 Å². The molecule has 0 bridgehead atoms. The summed E-state index contributed by atoms with van der Waals surface area (Å²) in [7, 11) is 1.00. The molecule has 0 aromatic rings. The summed E-state index contributed by atoms with van der Waals surface area (Å²) in [5.41, 5.74) is -0.913. The predicted molar refractivity (Wildman–Crippen MR) is 95.0 cm³/mol. The molecular weight excluding hydrogens is 346 g/mol. The Morgan fingerprint density at radius 1 is 1.00 bits per heavy atom. The number of aldehydes is 1. The number of carboxylic acids is 1. The van der Waals surface area contributed by atoms with Crippen LogP contribution in [0.4, 0.5) is 0 Å². The molecule has 154 valence electrons. The maximum atomic E-state index is 11.9. The zero-order chi connectivity index (χ0) is 20.3. The molecule has 1 amide bonds. The molecule has 0 spiro atoms. The number of carboxylic acid groups (broad SMARTS) is 1. The summed E-state index contributed by atoms with van der Waals surface area (Å²) in [5, 5.41) is 18.5. The first kappa shape index (κ1) is 26.7. The Labute approximate surface area is 155 Å². The number of carbonyl (C=O) groups excluding carboxylic acids is 2. The van der Waals surface area contributed by atoms with Crippen LogP contribution >= 0.6 is 0 Å². The van der Waals surface area contributed by atoms with Gasteiger partial charge in [0.2, 0.25) is 5.91 Å². The Hall–Kier alpha value is -1.55. The van der Waals surface area contributed by atoms with Gasteiger partial charge in [0.1, 0.15) is 11.8 Å². The number of aliphatic hydroxyl groups is 1. The maximum Gasteiger partial charge on any atom is 0.305 e. The van der Waals surface area contributed by atoms with Gasteiger partial charge in [0.05, 0.1) is 39.5 Å². The van der Waals surface area contributed by atoms with Crippen molar-refractivity contribution in [3.63, 3.8) is 0 Å². The molecule has 9 heteroatoms. The second-order valence-electron chi connectivity index (χ2n) is 5.44. The predicted octanol–water partition coefficient (Wildman–Crippen LogP) is 0.383. The molecule has 0 aromatic carbocycles. The van der Waals surface area contributed by atoms with Gasteiger partial charge in [0.15, 0.2) is 0 Å². The molecule has 0 radical (unpaired) electrons. The van der Waals surface area contributed by atoms with E-state index in [-0.39, 0.29) is 51.8 Å². The van der Waals surface area contributed by atoms with E-state index in [9.17, 15) is 14.4 Å². The lowest BCUT2D eigenvalue weighted by Crippen LogP contribution is -2.58. The highest BCUT2D eigenvalue weighted by Gasteiger charge is 2.33. The third kappa shape index (κ3) is 14.8. The van der Waals surface area contributed by atoms with Crippen LogP contribution in [-0.2, 0) is 28.6 Å². The summed E-state index contributed by atoms with van der Waals surface area (Å²) >= 11 is 0. The zero-order valence-electron chi connectivity index (χ0n) is 16.0. The van der Waals surface area contributed by atoms with Gasteiger partial charge in [-0.1, -0.05) is 13.8 Å². The van der Waals surface area contributed by atoms with Crippen LogP contribution < -0.4 is 5.32 Å². The van der Waals surface area contributed by atoms with E-state index < -0.39 is 11.5 Å². The molecule has 0 saturated heterocycles. The van der Waals surface area contributed by atoms with Gasteiger partial charge < -0.3 is 34.5 Å². The third-order valence-electron chi connectivity index (χ3n) is 3.05. The lowest BCUT2D eigenvalue weighted by atomic mass is 10.0. The van der Waals surface area contributed by atoms with E-state index in [1.807, 2.05) is 6.92 Å². The lowest BCUT2D eigenvalue weighted by molar-refractivity contribution is -0.139. The third-order valence-corrected chi connectivity index (χ3v) is 3.05. The van der Waals surface area contributed by atoms with Gasteiger partial charge in [0, 0.05) is 26.6 Å². The SMILES string of the molecule is CCCOCC(COCCC=O)(COCCC(=O)O)NC(=O)CC.CO.